The van der Waals surface area contributed by atoms with Gasteiger partial charge in [-0.05, 0) is 37.5 Å². The van der Waals surface area contributed by atoms with Crippen molar-refractivity contribution in [2.45, 2.75) is 32.9 Å². The Hall–Kier alpha value is -3.72. The summed E-state index contributed by atoms with van der Waals surface area (Å²) in [6, 6.07) is 10.0. The van der Waals surface area contributed by atoms with Crippen molar-refractivity contribution in [2.24, 2.45) is 0 Å². The van der Waals surface area contributed by atoms with Crippen molar-refractivity contribution in [1.82, 2.24) is 24.8 Å². The number of hydrogen-bond acceptors (Lipinski definition) is 6. The number of carbonyl (C=O) groups is 1. The zero-order valence-electron chi connectivity index (χ0n) is 17.9. The van der Waals surface area contributed by atoms with Crippen molar-refractivity contribution in [2.75, 3.05) is 18.9 Å². The van der Waals surface area contributed by atoms with Gasteiger partial charge in [0.15, 0.2) is 5.82 Å². The molecule has 1 amide bonds. The summed E-state index contributed by atoms with van der Waals surface area (Å²) in [5.41, 5.74) is 10.7. The predicted molar refractivity (Wildman–Crippen MR) is 123 cm³/mol. The molecule has 0 saturated heterocycles. The minimum atomic E-state index is -1.01. The number of unbranched alkanes of at least 4 members (excludes halogenated alkanes) is 1. The van der Waals surface area contributed by atoms with Crippen molar-refractivity contribution < 1.29 is 14.6 Å². The number of imidazole rings is 1. The summed E-state index contributed by atoms with van der Waals surface area (Å²) >= 11 is 0. The number of nitrogens with two attached hydrogens (primary N) is 1. The number of aromatic nitrogens is 4. The van der Waals surface area contributed by atoms with Crippen molar-refractivity contribution in [1.29, 1.82) is 0 Å². The lowest BCUT2D eigenvalue weighted by molar-refractivity contribution is 0.126. The van der Waals surface area contributed by atoms with Crippen LogP contribution in [-0.2, 0) is 17.9 Å². The number of nitrogens with zero attached hydrogens (tertiary/aromatic N) is 4. The number of benzene rings is 1. The maximum Gasteiger partial charge on any atom is 0.404 e. The minimum absolute atomic E-state index is 0.368. The number of carboxylic acid groups (broad SMARTS) is 1. The van der Waals surface area contributed by atoms with E-state index in [1.165, 1.54) is 0 Å². The van der Waals surface area contributed by atoms with E-state index in [-0.39, 0.29) is 0 Å². The van der Waals surface area contributed by atoms with Crippen molar-refractivity contribution >= 4 is 33.8 Å². The molecule has 32 heavy (non-hydrogen) atoms. The Kier molecular flexibility index (Phi) is 6.46. The summed E-state index contributed by atoms with van der Waals surface area (Å²) in [6.45, 7) is 3.96. The molecule has 9 nitrogen and oxygen atoms in total. The molecule has 0 saturated carbocycles. The van der Waals surface area contributed by atoms with E-state index in [9.17, 15) is 4.79 Å². The van der Waals surface area contributed by atoms with Crippen LogP contribution >= 0.6 is 0 Å². The fraction of sp³-hybridized carbons (Fsp3) is 0.304. The van der Waals surface area contributed by atoms with E-state index < -0.39 is 6.09 Å². The lowest BCUT2D eigenvalue weighted by atomic mass is 10.0. The third-order valence-corrected chi connectivity index (χ3v) is 5.30. The highest BCUT2D eigenvalue weighted by atomic mass is 16.5. The number of ether oxygens (including phenoxy) is 1. The first kappa shape index (κ1) is 21.5. The Bertz CT molecular complexity index is 1240. The smallest absolute Gasteiger partial charge is 0.404 e. The lowest BCUT2D eigenvalue weighted by Crippen LogP contribution is -2.22. The first-order chi connectivity index (χ1) is 15.6. The molecule has 0 aliphatic rings. The summed E-state index contributed by atoms with van der Waals surface area (Å²) in [7, 11) is 0. The quantitative estimate of drug-likeness (QED) is 0.342. The highest BCUT2D eigenvalue weighted by Crippen LogP contribution is 2.32. The van der Waals surface area contributed by atoms with Crippen LogP contribution in [0.5, 0.6) is 0 Å². The average Bonchev–Trinajstić information content (AvgIpc) is 3.16. The van der Waals surface area contributed by atoms with Gasteiger partial charge < -0.3 is 25.5 Å². The molecule has 9 heteroatoms. The zero-order chi connectivity index (χ0) is 22.5. The van der Waals surface area contributed by atoms with E-state index in [1.807, 2.05) is 43.5 Å². The Morgan fingerprint density at radius 2 is 2.09 bits per heavy atom. The molecule has 0 atom stereocenters. The van der Waals surface area contributed by atoms with E-state index in [1.54, 1.807) is 6.20 Å². The molecule has 0 unspecified atom stereocenters. The van der Waals surface area contributed by atoms with Crippen LogP contribution in [0.25, 0.3) is 33.1 Å². The third kappa shape index (κ3) is 4.47. The van der Waals surface area contributed by atoms with E-state index >= 15 is 0 Å². The Morgan fingerprint density at radius 3 is 2.84 bits per heavy atom. The first-order valence-corrected chi connectivity index (χ1v) is 10.6. The fourth-order valence-corrected chi connectivity index (χ4v) is 3.81. The van der Waals surface area contributed by atoms with Gasteiger partial charge in [-0.1, -0.05) is 18.2 Å². The van der Waals surface area contributed by atoms with Gasteiger partial charge in [0.2, 0.25) is 0 Å². The molecule has 0 aliphatic carbocycles. The number of rotatable bonds is 9. The zero-order valence-corrected chi connectivity index (χ0v) is 17.9. The van der Waals surface area contributed by atoms with Crippen LogP contribution in [0, 0.1) is 0 Å². The van der Waals surface area contributed by atoms with Crippen molar-refractivity contribution in [3.8, 4) is 11.1 Å². The number of fused-ring (bicyclic) bond motifs is 3. The molecular formula is C23H26N6O3. The SMILES string of the molecule is CCOCc1nc2c(N)nc3cc(-c4cccnc4)ccc3c2n1CCCCNC(=O)O. The van der Waals surface area contributed by atoms with Crippen LogP contribution in [0.15, 0.2) is 42.7 Å². The maximum absolute atomic E-state index is 10.7. The molecule has 4 N–H and O–H groups in total. The second-order valence-corrected chi connectivity index (χ2v) is 7.42. The summed E-state index contributed by atoms with van der Waals surface area (Å²) in [4.78, 5) is 24.2. The van der Waals surface area contributed by atoms with Gasteiger partial charge in [-0.3, -0.25) is 4.98 Å². The molecule has 4 rings (SSSR count). The molecule has 0 radical (unpaired) electrons. The number of amides is 1. The second-order valence-electron chi connectivity index (χ2n) is 7.42. The highest BCUT2D eigenvalue weighted by molar-refractivity contribution is 6.07. The van der Waals surface area contributed by atoms with Gasteiger partial charge >= 0.3 is 6.09 Å². The number of anilines is 1. The second kappa shape index (κ2) is 9.61. The van der Waals surface area contributed by atoms with Crippen LogP contribution in [0.1, 0.15) is 25.6 Å². The van der Waals surface area contributed by atoms with Gasteiger partial charge in [-0.2, -0.15) is 0 Å². The molecular weight excluding hydrogens is 408 g/mol. The van der Waals surface area contributed by atoms with Gasteiger partial charge in [0, 0.05) is 43.0 Å². The molecule has 0 spiro atoms. The number of nitrogen functional groups attached to an aromatic ring is 1. The molecule has 3 aromatic heterocycles. The van der Waals surface area contributed by atoms with E-state index in [2.05, 4.69) is 19.9 Å². The molecule has 3 heterocycles. The van der Waals surface area contributed by atoms with E-state index in [0.29, 0.717) is 44.1 Å². The number of pyridine rings is 2. The Labute approximate surface area is 185 Å². The third-order valence-electron chi connectivity index (χ3n) is 5.30. The minimum Gasteiger partial charge on any atom is -0.465 e. The molecule has 1 aromatic carbocycles. The average molecular weight is 435 g/mol. The van der Waals surface area contributed by atoms with Crippen molar-refractivity contribution in [3.05, 3.63) is 48.5 Å². The van der Waals surface area contributed by atoms with Gasteiger partial charge in [0.25, 0.3) is 0 Å². The largest absolute Gasteiger partial charge is 0.465 e. The number of aryl methyl sites for hydroxylation is 1. The summed E-state index contributed by atoms with van der Waals surface area (Å²) in [5, 5.41) is 12.1. The highest BCUT2D eigenvalue weighted by Gasteiger charge is 2.18. The van der Waals surface area contributed by atoms with Crippen LogP contribution in [0.4, 0.5) is 10.6 Å². The topological polar surface area (TPSA) is 128 Å². The van der Waals surface area contributed by atoms with Crippen LogP contribution in [0.3, 0.4) is 0 Å². The first-order valence-electron chi connectivity index (χ1n) is 10.6. The maximum atomic E-state index is 10.7. The van der Waals surface area contributed by atoms with E-state index in [4.69, 9.17) is 20.6 Å². The molecule has 166 valence electrons. The molecule has 0 bridgehead atoms. The standard InChI is InChI=1S/C23H26N6O3/c1-2-32-14-19-28-20-21(29(19)11-4-3-10-26-23(30)31)17-8-7-15(12-18(17)27-22(20)24)16-6-5-9-25-13-16/h5-9,12-13,26H,2-4,10-11,14H2,1H3,(H2,24,27)(H,30,31). The molecule has 4 aromatic rings. The van der Waals surface area contributed by atoms with Gasteiger partial charge in [0.1, 0.15) is 17.9 Å². The predicted octanol–water partition coefficient (Wildman–Crippen LogP) is 3.81. The summed E-state index contributed by atoms with van der Waals surface area (Å²) in [6.07, 6.45) is 4.05. The lowest BCUT2D eigenvalue weighted by Gasteiger charge is -2.12. The van der Waals surface area contributed by atoms with Crippen LogP contribution in [0.2, 0.25) is 0 Å². The number of nitrogens with one attached hydrogen (secondary N) is 1. The van der Waals surface area contributed by atoms with Crippen LogP contribution in [-0.4, -0.2) is 43.9 Å². The number of hydrogen-bond donors (Lipinski definition) is 3. The monoisotopic (exact) mass is 434 g/mol. The van der Waals surface area contributed by atoms with Gasteiger partial charge in [-0.15, -0.1) is 0 Å². The molecule has 0 aliphatic heterocycles. The van der Waals surface area contributed by atoms with Crippen molar-refractivity contribution in [3.63, 3.8) is 0 Å². The molecule has 0 fully saturated rings. The summed E-state index contributed by atoms with van der Waals surface area (Å²) in [5.74, 6) is 1.16. The normalized spacial score (nSPS) is 11.3. The Balaban J connectivity index is 1.76. The van der Waals surface area contributed by atoms with E-state index in [0.717, 1.165) is 39.8 Å². The van der Waals surface area contributed by atoms with Gasteiger partial charge in [0.05, 0.1) is 11.0 Å². The Morgan fingerprint density at radius 1 is 1.22 bits per heavy atom. The van der Waals surface area contributed by atoms with Gasteiger partial charge in [-0.25, -0.2) is 14.8 Å². The summed E-state index contributed by atoms with van der Waals surface area (Å²) < 4.78 is 7.76. The van der Waals surface area contributed by atoms with Crippen LogP contribution < -0.4 is 11.1 Å². The fourth-order valence-electron chi connectivity index (χ4n) is 3.81.